The van der Waals surface area contributed by atoms with Crippen molar-refractivity contribution in [1.82, 2.24) is 4.31 Å². The van der Waals surface area contributed by atoms with Crippen molar-refractivity contribution in [3.05, 3.63) is 0 Å². The van der Waals surface area contributed by atoms with E-state index in [1.54, 1.807) is 0 Å². The number of nitrogens with zero attached hydrogens (tertiary/aromatic N) is 1. The van der Waals surface area contributed by atoms with E-state index in [0.29, 0.717) is 19.4 Å². The summed E-state index contributed by atoms with van der Waals surface area (Å²) in [4.78, 5) is 10.8. The van der Waals surface area contributed by atoms with Gasteiger partial charge in [-0.25, -0.2) is 12.7 Å². The van der Waals surface area contributed by atoms with Crippen LogP contribution in [0.5, 0.6) is 0 Å². The predicted octanol–water partition coefficient (Wildman–Crippen LogP) is -0.857. The van der Waals surface area contributed by atoms with Crippen LogP contribution in [0, 0.1) is 5.92 Å². The molecular formula is C7H14N2O3S. The lowest BCUT2D eigenvalue weighted by molar-refractivity contribution is -0.122. The third kappa shape index (κ3) is 2.67. The van der Waals surface area contributed by atoms with Crippen LogP contribution in [0.15, 0.2) is 0 Å². The number of carbonyl (C=O) groups is 1. The smallest absolute Gasteiger partial charge is 0.221 e. The van der Waals surface area contributed by atoms with Crippen LogP contribution in [0.2, 0.25) is 0 Å². The molecule has 5 nitrogen and oxygen atoms in total. The van der Waals surface area contributed by atoms with E-state index < -0.39 is 15.9 Å². The molecule has 1 atom stereocenters. The number of hydrogen-bond donors (Lipinski definition) is 1. The maximum atomic E-state index is 11.1. The first-order chi connectivity index (χ1) is 5.91. The van der Waals surface area contributed by atoms with Crippen LogP contribution in [-0.4, -0.2) is 38.0 Å². The zero-order chi connectivity index (χ0) is 10.1. The Hall–Kier alpha value is -0.620. The lowest BCUT2D eigenvalue weighted by Gasteiger charge is -2.28. The second-order valence-electron chi connectivity index (χ2n) is 3.36. The monoisotopic (exact) mass is 206 g/mol. The van der Waals surface area contributed by atoms with Crippen LogP contribution in [0.1, 0.15) is 12.8 Å². The predicted molar refractivity (Wildman–Crippen MR) is 48.3 cm³/mol. The summed E-state index contributed by atoms with van der Waals surface area (Å²) in [5, 5.41) is 0. The van der Waals surface area contributed by atoms with Gasteiger partial charge in [0.1, 0.15) is 0 Å². The van der Waals surface area contributed by atoms with E-state index in [-0.39, 0.29) is 12.5 Å². The lowest BCUT2D eigenvalue weighted by atomic mass is 9.99. The van der Waals surface area contributed by atoms with E-state index >= 15 is 0 Å². The summed E-state index contributed by atoms with van der Waals surface area (Å²) in [6, 6.07) is 0. The van der Waals surface area contributed by atoms with Gasteiger partial charge in [0.05, 0.1) is 12.2 Å². The number of primary amides is 1. The van der Waals surface area contributed by atoms with Gasteiger partial charge in [-0.3, -0.25) is 4.79 Å². The Labute approximate surface area is 77.9 Å². The first-order valence-corrected chi connectivity index (χ1v) is 6.00. The summed E-state index contributed by atoms with van der Waals surface area (Å²) >= 11 is 0. The third-order valence-electron chi connectivity index (χ3n) is 2.26. The number of nitrogens with two attached hydrogens (primary N) is 1. The van der Waals surface area contributed by atoms with Crippen molar-refractivity contribution in [2.24, 2.45) is 11.7 Å². The first-order valence-electron chi connectivity index (χ1n) is 4.15. The van der Waals surface area contributed by atoms with Crippen LogP contribution in [-0.2, 0) is 14.8 Å². The number of sulfonamides is 1. The van der Waals surface area contributed by atoms with Gasteiger partial charge in [-0.1, -0.05) is 0 Å². The molecule has 0 aromatic heterocycles. The molecule has 2 N–H and O–H groups in total. The molecule has 1 amide bonds. The van der Waals surface area contributed by atoms with Crippen LogP contribution < -0.4 is 5.73 Å². The molecule has 1 saturated heterocycles. The van der Waals surface area contributed by atoms with Crippen LogP contribution in [0.25, 0.3) is 0 Å². The Morgan fingerprint density at radius 3 is 2.62 bits per heavy atom. The molecule has 0 spiro atoms. The average molecular weight is 206 g/mol. The fourth-order valence-corrected chi connectivity index (χ4v) is 2.39. The van der Waals surface area contributed by atoms with Gasteiger partial charge < -0.3 is 5.73 Å². The standard InChI is InChI=1S/C7H14N2O3S/c1-13(11,12)9-4-2-3-6(5-9)7(8)10/h6H,2-5H2,1H3,(H2,8,10)/t6-/m0/s1. The molecule has 0 unspecified atom stereocenters. The average Bonchev–Trinajstić information content (AvgIpc) is 2.03. The Kier molecular flexibility index (Phi) is 2.92. The van der Waals surface area contributed by atoms with Gasteiger partial charge in [-0.15, -0.1) is 0 Å². The van der Waals surface area contributed by atoms with E-state index in [2.05, 4.69) is 0 Å². The van der Waals surface area contributed by atoms with Crippen molar-refractivity contribution < 1.29 is 13.2 Å². The van der Waals surface area contributed by atoms with Crippen LogP contribution in [0.4, 0.5) is 0 Å². The molecule has 6 heteroatoms. The summed E-state index contributed by atoms with van der Waals surface area (Å²) < 4.78 is 23.6. The highest BCUT2D eigenvalue weighted by Gasteiger charge is 2.28. The largest absolute Gasteiger partial charge is 0.369 e. The second kappa shape index (κ2) is 3.63. The van der Waals surface area contributed by atoms with Crippen molar-refractivity contribution >= 4 is 15.9 Å². The van der Waals surface area contributed by atoms with E-state index in [0.717, 1.165) is 6.26 Å². The fourth-order valence-electron chi connectivity index (χ4n) is 1.48. The Bertz CT molecular complexity index is 299. The molecule has 1 rings (SSSR count). The molecule has 0 saturated carbocycles. The number of amides is 1. The number of piperidine rings is 1. The molecule has 0 aromatic carbocycles. The van der Waals surface area contributed by atoms with Gasteiger partial charge in [-0.2, -0.15) is 0 Å². The van der Waals surface area contributed by atoms with E-state index in [4.69, 9.17) is 5.73 Å². The molecule has 1 aliphatic heterocycles. The molecule has 13 heavy (non-hydrogen) atoms. The topological polar surface area (TPSA) is 80.5 Å². The highest BCUT2D eigenvalue weighted by Crippen LogP contribution is 2.17. The molecule has 1 heterocycles. The van der Waals surface area contributed by atoms with Gasteiger partial charge in [0, 0.05) is 13.1 Å². The Balaban J connectivity index is 2.67. The molecule has 76 valence electrons. The number of rotatable bonds is 2. The number of carbonyl (C=O) groups excluding carboxylic acids is 1. The highest BCUT2D eigenvalue weighted by atomic mass is 32.2. The molecule has 1 fully saturated rings. The lowest BCUT2D eigenvalue weighted by Crippen LogP contribution is -2.43. The maximum Gasteiger partial charge on any atom is 0.221 e. The van der Waals surface area contributed by atoms with Crippen molar-refractivity contribution in [1.29, 1.82) is 0 Å². The third-order valence-corrected chi connectivity index (χ3v) is 3.53. The molecule has 0 radical (unpaired) electrons. The zero-order valence-corrected chi connectivity index (χ0v) is 8.38. The van der Waals surface area contributed by atoms with Crippen molar-refractivity contribution in [3.63, 3.8) is 0 Å². The molecule has 0 aromatic rings. The van der Waals surface area contributed by atoms with Crippen LogP contribution >= 0.6 is 0 Å². The molecule has 0 aliphatic carbocycles. The Morgan fingerprint density at radius 2 is 2.15 bits per heavy atom. The maximum absolute atomic E-state index is 11.1. The summed E-state index contributed by atoms with van der Waals surface area (Å²) in [5.74, 6) is -0.725. The van der Waals surface area contributed by atoms with Gasteiger partial charge in [-0.05, 0) is 12.8 Å². The zero-order valence-electron chi connectivity index (χ0n) is 7.56. The molecule has 0 bridgehead atoms. The first kappa shape index (κ1) is 10.5. The SMILES string of the molecule is CS(=O)(=O)N1CCC[C@H](C(N)=O)C1. The van der Waals surface area contributed by atoms with Gasteiger partial charge in [0.2, 0.25) is 15.9 Å². The molecular weight excluding hydrogens is 192 g/mol. The van der Waals surface area contributed by atoms with E-state index in [1.165, 1.54) is 4.31 Å². The van der Waals surface area contributed by atoms with Crippen LogP contribution in [0.3, 0.4) is 0 Å². The summed E-state index contributed by atoms with van der Waals surface area (Å²) in [6.07, 6.45) is 2.55. The number of hydrogen-bond acceptors (Lipinski definition) is 3. The van der Waals surface area contributed by atoms with Crippen molar-refractivity contribution in [2.45, 2.75) is 12.8 Å². The second-order valence-corrected chi connectivity index (χ2v) is 5.34. The minimum absolute atomic E-state index is 0.244. The van der Waals surface area contributed by atoms with Gasteiger partial charge in [0.25, 0.3) is 0 Å². The Morgan fingerprint density at radius 1 is 1.54 bits per heavy atom. The van der Waals surface area contributed by atoms with E-state index in [9.17, 15) is 13.2 Å². The van der Waals surface area contributed by atoms with Gasteiger partial charge >= 0.3 is 0 Å². The molecule has 1 aliphatic rings. The normalized spacial score (nSPS) is 25.8. The summed E-state index contributed by atoms with van der Waals surface area (Å²) in [7, 11) is -3.17. The fraction of sp³-hybridized carbons (Fsp3) is 0.857. The highest BCUT2D eigenvalue weighted by molar-refractivity contribution is 7.88. The quantitative estimate of drug-likeness (QED) is 0.638. The van der Waals surface area contributed by atoms with E-state index in [1.807, 2.05) is 0 Å². The minimum atomic E-state index is -3.17. The van der Waals surface area contributed by atoms with Crippen molar-refractivity contribution in [3.8, 4) is 0 Å². The minimum Gasteiger partial charge on any atom is -0.369 e. The summed E-state index contributed by atoms with van der Waals surface area (Å²) in [6.45, 7) is 0.747. The van der Waals surface area contributed by atoms with Gasteiger partial charge in [0.15, 0.2) is 0 Å². The van der Waals surface area contributed by atoms with Crippen molar-refractivity contribution in [2.75, 3.05) is 19.3 Å². The summed E-state index contributed by atoms with van der Waals surface area (Å²) in [5.41, 5.74) is 5.11.